The summed E-state index contributed by atoms with van der Waals surface area (Å²) >= 11 is 0. The van der Waals surface area contributed by atoms with Crippen molar-refractivity contribution in [3.63, 3.8) is 0 Å². The Morgan fingerprint density at radius 3 is 2.45 bits per heavy atom. The van der Waals surface area contributed by atoms with E-state index in [1.165, 1.54) is 12.1 Å². The van der Waals surface area contributed by atoms with Gasteiger partial charge < -0.3 is 9.67 Å². The number of unbranched alkanes of at least 4 members (excludes halogenated alkanes) is 1. The molecule has 7 heteroatoms. The van der Waals surface area contributed by atoms with E-state index in [9.17, 15) is 20.0 Å². The molecule has 0 bridgehead atoms. The SMILES string of the molecule is CCCCc1ncc(/C=C(\Cc2ccccc2)C(=O)O)n1Cc1ccc([N+](=O)[O-])cc1. The number of imidazole rings is 1. The summed E-state index contributed by atoms with van der Waals surface area (Å²) in [6.07, 6.45) is 6.44. The third-order valence-corrected chi connectivity index (χ3v) is 5.05. The van der Waals surface area contributed by atoms with Gasteiger partial charge in [0.25, 0.3) is 5.69 Å². The van der Waals surface area contributed by atoms with Crippen molar-refractivity contribution in [2.75, 3.05) is 0 Å². The zero-order valence-corrected chi connectivity index (χ0v) is 17.4. The Kier molecular flexibility index (Phi) is 7.32. The average Bonchev–Trinajstić information content (AvgIpc) is 3.14. The van der Waals surface area contributed by atoms with E-state index in [2.05, 4.69) is 11.9 Å². The third kappa shape index (κ3) is 5.88. The molecule has 0 fully saturated rings. The number of nitro benzene ring substituents is 1. The molecule has 2 aromatic carbocycles. The molecule has 7 nitrogen and oxygen atoms in total. The lowest BCUT2D eigenvalue weighted by atomic mass is 10.0. The van der Waals surface area contributed by atoms with Crippen LogP contribution in [0.25, 0.3) is 6.08 Å². The van der Waals surface area contributed by atoms with Crippen LogP contribution in [0.15, 0.2) is 66.4 Å². The molecule has 1 aromatic heterocycles. The van der Waals surface area contributed by atoms with Crippen LogP contribution < -0.4 is 0 Å². The molecule has 0 radical (unpaired) electrons. The van der Waals surface area contributed by atoms with Crippen molar-refractivity contribution >= 4 is 17.7 Å². The minimum absolute atomic E-state index is 0.0386. The second-order valence-corrected chi connectivity index (χ2v) is 7.35. The Morgan fingerprint density at radius 2 is 1.84 bits per heavy atom. The average molecular weight is 419 g/mol. The molecule has 0 amide bonds. The van der Waals surface area contributed by atoms with E-state index in [1.54, 1.807) is 24.4 Å². The van der Waals surface area contributed by atoms with Crippen molar-refractivity contribution in [1.29, 1.82) is 0 Å². The Bertz CT molecular complexity index is 1070. The molecule has 0 aliphatic heterocycles. The van der Waals surface area contributed by atoms with E-state index >= 15 is 0 Å². The molecule has 0 spiro atoms. The van der Waals surface area contributed by atoms with Gasteiger partial charge in [-0.25, -0.2) is 9.78 Å². The number of carboxylic acid groups (broad SMARTS) is 1. The van der Waals surface area contributed by atoms with Crippen LogP contribution in [-0.4, -0.2) is 25.6 Å². The quantitative estimate of drug-likeness (QED) is 0.286. The van der Waals surface area contributed by atoms with Crippen molar-refractivity contribution < 1.29 is 14.8 Å². The minimum atomic E-state index is -0.970. The van der Waals surface area contributed by atoms with Crippen LogP contribution in [-0.2, 0) is 24.2 Å². The maximum Gasteiger partial charge on any atom is 0.331 e. The highest BCUT2D eigenvalue weighted by Gasteiger charge is 2.14. The molecule has 1 heterocycles. The molecule has 0 aliphatic rings. The Hall–Kier alpha value is -3.74. The van der Waals surface area contributed by atoms with Gasteiger partial charge in [-0.3, -0.25) is 10.1 Å². The normalized spacial score (nSPS) is 11.5. The zero-order valence-electron chi connectivity index (χ0n) is 17.4. The van der Waals surface area contributed by atoms with Gasteiger partial charge in [-0.15, -0.1) is 0 Å². The molecular formula is C24H25N3O4. The number of aryl methyl sites for hydroxylation is 1. The fourth-order valence-electron chi connectivity index (χ4n) is 3.35. The van der Waals surface area contributed by atoms with Crippen LogP contribution in [0.3, 0.4) is 0 Å². The van der Waals surface area contributed by atoms with Crippen LogP contribution >= 0.6 is 0 Å². The van der Waals surface area contributed by atoms with E-state index in [0.29, 0.717) is 18.7 Å². The van der Waals surface area contributed by atoms with Crippen LogP contribution in [0, 0.1) is 10.1 Å². The molecule has 0 saturated carbocycles. The van der Waals surface area contributed by atoms with Gasteiger partial charge in [-0.1, -0.05) is 55.8 Å². The lowest BCUT2D eigenvalue weighted by Gasteiger charge is -2.11. The number of rotatable bonds is 10. The van der Waals surface area contributed by atoms with Gasteiger partial charge in [-0.05, 0) is 23.6 Å². The highest BCUT2D eigenvalue weighted by Crippen LogP contribution is 2.19. The monoisotopic (exact) mass is 419 g/mol. The standard InChI is InChI=1S/C24H25N3O4/c1-2-3-9-23-25-16-22(15-20(24(28)29)14-18-7-5-4-6-8-18)26(23)17-19-10-12-21(13-11-19)27(30)31/h4-8,10-13,15-16H,2-3,9,14,17H2,1H3,(H,28,29)/b20-15+. The minimum Gasteiger partial charge on any atom is -0.478 e. The molecule has 3 aromatic rings. The zero-order chi connectivity index (χ0) is 22.2. The van der Waals surface area contributed by atoms with E-state index in [1.807, 2.05) is 34.9 Å². The second kappa shape index (κ2) is 10.3. The number of carbonyl (C=O) groups is 1. The first-order valence-corrected chi connectivity index (χ1v) is 10.2. The van der Waals surface area contributed by atoms with Crippen molar-refractivity contribution in [1.82, 2.24) is 9.55 Å². The molecule has 31 heavy (non-hydrogen) atoms. The highest BCUT2D eigenvalue weighted by atomic mass is 16.6. The summed E-state index contributed by atoms with van der Waals surface area (Å²) in [6, 6.07) is 15.9. The van der Waals surface area contributed by atoms with Crippen molar-refractivity contribution in [2.24, 2.45) is 0 Å². The summed E-state index contributed by atoms with van der Waals surface area (Å²) in [4.78, 5) is 26.9. The Morgan fingerprint density at radius 1 is 1.13 bits per heavy atom. The topological polar surface area (TPSA) is 98.3 Å². The molecule has 0 saturated heterocycles. The lowest BCUT2D eigenvalue weighted by molar-refractivity contribution is -0.384. The summed E-state index contributed by atoms with van der Waals surface area (Å²) < 4.78 is 1.99. The summed E-state index contributed by atoms with van der Waals surface area (Å²) in [6.45, 7) is 2.56. The lowest BCUT2D eigenvalue weighted by Crippen LogP contribution is -2.09. The predicted octanol–water partition coefficient (Wildman–Crippen LogP) is 4.89. The summed E-state index contributed by atoms with van der Waals surface area (Å²) in [5, 5.41) is 20.7. The fraction of sp³-hybridized carbons (Fsp3) is 0.250. The number of nitro groups is 1. The van der Waals surface area contributed by atoms with Gasteiger partial charge in [0, 0.05) is 37.1 Å². The molecular weight excluding hydrogens is 394 g/mol. The van der Waals surface area contributed by atoms with Crippen molar-refractivity contribution in [3.8, 4) is 0 Å². The van der Waals surface area contributed by atoms with E-state index in [4.69, 9.17) is 0 Å². The van der Waals surface area contributed by atoms with E-state index in [-0.39, 0.29) is 11.3 Å². The number of aliphatic carboxylic acids is 1. The maximum absolute atomic E-state index is 11.9. The van der Waals surface area contributed by atoms with Gasteiger partial charge in [-0.2, -0.15) is 0 Å². The maximum atomic E-state index is 11.9. The third-order valence-electron chi connectivity index (χ3n) is 5.05. The van der Waals surface area contributed by atoms with Crippen LogP contribution in [0.2, 0.25) is 0 Å². The van der Waals surface area contributed by atoms with Gasteiger partial charge >= 0.3 is 5.97 Å². The predicted molar refractivity (Wildman–Crippen MR) is 119 cm³/mol. The molecule has 0 aliphatic carbocycles. The number of hydrogen-bond donors (Lipinski definition) is 1. The Labute approximate surface area is 180 Å². The number of nitrogens with zero attached hydrogens (tertiary/aromatic N) is 3. The van der Waals surface area contributed by atoms with Gasteiger partial charge in [0.15, 0.2) is 0 Å². The molecule has 0 unspecified atom stereocenters. The van der Waals surface area contributed by atoms with Gasteiger partial charge in [0.1, 0.15) is 5.82 Å². The molecule has 160 valence electrons. The Balaban J connectivity index is 1.94. The van der Waals surface area contributed by atoms with E-state index < -0.39 is 10.9 Å². The van der Waals surface area contributed by atoms with Crippen molar-refractivity contribution in [2.45, 2.75) is 39.2 Å². The van der Waals surface area contributed by atoms with Crippen LogP contribution in [0.1, 0.15) is 42.4 Å². The smallest absolute Gasteiger partial charge is 0.331 e. The first-order valence-electron chi connectivity index (χ1n) is 10.2. The van der Waals surface area contributed by atoms with Crippen molar-refractivity contribution in [3.05, 3.63) is 99.1 Å². The first kappa shape index (κ1) is 22.0. The molecule has 1 N–H and O–H groups in total. The summed E-state index contributed by atoms with van der Waals surface area (Å²) in [5.74, 6) is -0.0991. The van der Waals surface area contributed by atoms with Crippen LogP contribution in [0.4, 0.5) is 5.69 Å². The van der Waals surface area contributed by atoms with Crippen LogP contribution in [0.5, 0.6) is 0 Å². The number of benzene rings is 2. The summed E-state index contributed by atoms with van der Waals surface area (Å²) in [5.41, 5.74) is 2.83. The number of non-ortho nitro benzene ring substituents is 1. The fourth-order valence-corrected chi connectivity index (χ4v) is 3.35. The first-order chi connectivity index (χ1) is 15.0. The highest BCUT2D eigenvalue weighted by molar-refractivity contribution is 5.92. The second-order valence-electron chi connectivity index (χ2n) is 7.35. The number of carboxylic acids is 1. The number of aromatic nitrogens is 2. The molecule has 3 rings (SSSR count). The largest absolute Gasteiger partial charge is 0.478 e. The molecule has 0 atom stereocenters. The van der Waals surface area contributed by atoms with Gasteiger partial charge in [0.2, 0.25) is 0 Å². The van der Waals surface area contributed by atoms with Gasteiger partial charge in [0.05, 0.1) is 16.8 Å². The summed E-state index contributed by atoms with van der Waals surface area (Å²) in [7, 11) is 0. The number of hydrogen-bond acceptors (Lipinski definition) is 4. The van der Waals surface area contributed by atoms with E-state index in [0.717, 1.165) is 36.2 Å².